The summed E-state index contributed by atoms with van der Waals surface area (Å²) in [5.41, 5.74) is 6.59. The molecule has 2 N–H and O–H groups in total. The molecule has 1 heterocycles. The Hall–Kier alpha value is -2.01. The highest BCUT2D eigenvalue weighted by molar-refractivity contribution is 5.17. The third-order valence-corrected chi connectivity index (χ3v) is 2.21. The summed E-state index contributed by atoms with van der Waals surface area (Å²) in [6, 6.07) is 8.33. The van der Waals surface area contributed by atoms with Gasteiger partial charge < -0.3 is 10.5 Å². The Morgan fingerprint density at radius 3 is 2.82 bits per heavy atom. The van der Waals surface area contributed by atoms with Gasteiger partial charge in [-0.2, -0.15) is 4.98 Å². The normalized spacial score (nSPS) is 10.2. The Kier molecular flexibility index (Phi) is 3.62. The molecule has 2 aromatic rings. The smallest absolute Gasteiger partial charge is 0.316 e. The van der Waals surface area contributed by atoms with Crippen LogP contribution in [0.4, 0.5) is 4.39 Å². The highest BCUT2D eigenvalue weighted by Gasteiger charge is 2.03. The van der Waals surface area contributed by atoms with Crippen molar-refractivity contribution < 1.29 is 9.13 Å². The van der Waals surface area contributed by atoms with Gasteiger partial charge in [-0.3, -0.25) is 0 Å². The summed E-state index contributed by atoms with van der Waals surface area (Å²) in [5, 5.41) is 0. The Morgan fingerprint density at radius 2 is 2.06 bits per heavy atom. The molecule has 4 nitrogen and oxygen atoms in total. The zero-order valence-corrected chi connectivity index (χ0v) is 9.14. The minimum absolute atomic E-state index is 0.0979. The van der Waals surface area contributed by atoms with E-state index in [9.17, 15) is 4.39 Å². The van der Waals surface area contributed by atoms with Crippen LogP contribution in [0, 0.1) is 5.82 Å². The Balaban J connectivity index is 2.05. The van der Waals surface area contributed by atoms with E-state index in [-0.39, 0.29) is 18.4 Å². The van der Waals surface area contributed by atoms with Gasteiger partial charge in [-0.05, 0) is 12.1 Å². The average molecular weight is 233 g/mol. The van der Waals surface area contributed by atoms with Crippen LogP contribution in [0.2, 0.25) is 0 Å². The largest absolute Gasteiger partial charge is 0.458 e. The van der Waals surface area contributed by atoms with Gasteiger partial charge in [-0.1, -0.05) is 18.2 Å². The van der Waals surface area contributed by atoms with E-state index in [1.807, 2.05) is 0 Å². The van der Waals surface area contributed by atoms with E-state index in [1.165, 1.54) is 6.07 Å². The molecule has 0 atom stereocenters. The van der Waals surface area contributed by atoms with Gasteiger partial charge in [0.1, 0.15) is 12.4 Å². The fourth-order valence-electron chi connectivity index (χ4n) is 1.32. The number of nitrogens with zero attached hydrogens (tertiary/aromatic N) is 2. The number of ether oxygens (including phenoxy) is 1. The van der Waals surface area contributed by atoms with Gasteiger partial charge in [0.25, 0.3) is 0 Å². The Bertz CT molecular complexity index is 505. The number of nitrogens with two attached hydrogens (primary N) is 1. The van der Waals surface area contributed by atoms with Crippen LogP contribution >= 0.6 is 0 Å². The molecule has 1 aromatic heterocycles. The molecule has 88 valence electrons. The Morgan fingerprint density at radius 1 is 1.24 bits per heavy atom. The maximum atomic E-state index is 13.3. The fourth-order valence-corrected chi connectivity index (χ4v) is 1.32. The summed E-state index contributed by atoms with van der Waals surface area (Å²) in [6.07, 6.45) is 1.56. The van der Waals surface area contributed by atoms with Crippen molar-refractivity contribution in [1.82, 2.24) is 9.97 Å². The molecule has 0 unspecified atom stereocenters. The van der Waals surface area contributed by atoms with E-state index >= 15 is 0 Å². The van der Waals surface area contributed by atoms with Gasteiger partial charge >= 0.3 is 6.01 Å². The summed E-state index contributed by atoms with van der Waals surface area (Å²) >= 11 is 0. The maximum absolute atomic E-state index is 13.3. The lowest BCUT2D eigenvalue weighted by Gasteiger charge is -2.05. The molecular formula is C12H12FN3O. The quantitative estimate of drug-likeness (QED) is 0.872. The summed E-state index contributed by atoms with van der Waals surface area (Å²) < 4.78 is 18.6. The van der Waals surface area contributed by atoms with Crippen LogP contribution in [0.15, 0.2) is 36.5 Å². The number of halogens is 1. The van der Waals surface area contributed by atoms with Crippen LogP contribution in [0.5, 0.6) is 6.01 Å². The number of aromatic nitrogens is 2. The van der Waals surface area contributed by atoms with Crippen molar-refractivity contribution in [3.8, 4) is 6.01 Å². The third kappa shape index (κ3) is 2.98. The first-order chi connectivity index (χ1) is 8.29. The fraction of sp³-hybridized carbons (Fsp3) is 0.167. The molecule has 0 saturated heterocycles. The second-order valence-electron chi connectivity index (χ2n) is 3.41. The zero-order chi connectivity index (χ0) is 12.1. The molecule has 0 aliphatic heterocycles. The summed E-state index contributed by atoms with van der Waals surface area (Å²) in [4.78, 5) is 7.98. The van der Waals surface area contributed by atoms with E-state index in [0.29, 0.717) is 17.8 Å². The van der Waals surface area contributed by atoms with Crippen LogP contribution in [0.3, 0.4) is 0 Å². The van der Waals surface area contributed by atoms with Crippen LogP contribution < -0.4 is 10.5 Å². The molecule has 1 aromatic carbocycles. The highest BCUT2D eigenvalue weighted by Crippen LogP contribution is 2.10. The van der Waals surface area contributed by atoms with Crippen molar-refractivity contribution in [2.45, 2.75) is 13.2 Å². The van der Waals surface area contributed by atoms with Crippen molar-refractivity contribution in [3.05, 3.63) is 53.6 Å². The van der Waals surface area contributed by atoms with Crippen molar-refractivity contribution >= 4 is 0 Å². The predicted molar refractivity (Wildman–Crippen MR) is 60.7 cm³/mol. The molecule has 0 radical (unpaired) electrons. The lowest BCUT2D eigenvalue weighted by molar-refractivity contribution is 0.274. The van der Waals surface area contributed by atoms with Gasteiger partial charge in [-0.25, -0.2) is 9.37 Å². The van der Waals surface area contributed by atoms with Gasteiger partial charge in [-0.15, -0.1) is 0 Å². The van der Waals surface area contributed by atoms with Crippen molar-refractivity contribution in [3.63, 3.8) is 0 Å². The van der Waals surface area contributed by atoms with Crippen molar-refractivity contribution in [2.75, 3.05) is 0 Å². The van der Waals surface area contributed by atoms with Crippen molar-refractivity contribution in [1.29, 1.82) is 0 Å². The molecular weight excluding hydrogens is 221 g/mol. The predicted octanol–water partition coefficient (Wildman–Crippen LogP) is 1.65. The van der Waals surface area contributed by atoms with Crippen LogP contribution in [0.25, 0.3) is 0 Å². The van der Waals surface area contributed by atoms with Crippen molar-refractivity contribution in [2.24, 2.45) is 5.73 Å². The molecule has 0 fully saturated rings. The lowest BCUT2D eigenvalue weighted by Crippen LogP contribution is -2.05. The molecule has 0 aliphatic rings. The number of hydrogen-bond donors (Lipinski definition) is 1. The zero-order valence-electron chi connectivity index (χ0n) is 9.14. The minimum Gasteiger partial charge on any atom is -0.458 e. The van der Waals surface area contributed by atoms with Crippen LogP contribution in [-0.4, -0.2) is 9.97 Å². The molecule has 0 saturated carbocycles. The average Bonchev–Trinajstić information content (AvgIpc) is 2.38. The summed E-state index contributed by atoms with van der Waals surface area (Å²) in [7, 11) is 0. The maximum Gasteiger partial charge on any atom is 0.316 e. The third-order valence-electron chi connectivity index (χ3n) is 2.21. The topological polar surface area (TPSA) is 61.0 Å². The first kappa shape index (κ1) is 11.5. The van der Waals surface area contributed by atoms with Gasteiger partial charge in [0.05, 0.1) is 5.69 Å². The second kappa shape index (κ2) is 5.36. The molecule has 17 heavy (non-hydrogen) atoms. The lowest BCUT2D eigenvalue weighted by atomic mass is 10.2. The first-order valence-corrected chi connectivity index (χ1v) is 5.18. The molecule has 0 bridgehead atoms. The molecule has 0 spiro atoms. The minimum atomic E-state index is -0.303. The summed E-state index contributed by atoms with van der Waals surface area (Å²) in [5.74, 6) is -0.303. The monoisotopic (exact) mass is 233 g/mol. The molecule has 0 aliphatic carbocycles. The summed E-state index contributed by atoms with van der Waals surface area (Å²) in [6.45, 7) is 0.416. The first-order valence-electron chi connectivity index (χ1n) is 5.18. The van der Waals surface area contributed by atoms with Crippen LogP contribution in [-0.2, 0) is 13.2 Å². The van der Waals surface area contributed by atoms with E-state index in [1.54, 1.807) is 30.5 Å². The number of benzene rings is 1. The number of hydrogen-bond acceptors (Lipinski definition) is 4. The molecule has 0 amide bonds. The van der Waals surface area contributed by atoms with E-state index in [2.05, 4.69) is 9.97 Å². The highest BCUT2D eigenvalue weighted by atomic mass is 19.1. The van der Waals surface area contributed by atoms with E-state index in [0.717, 1.165) is 0 Å². The van der Waals surface area contributed by atoms with Crippen LogP contribution in [0.1, 0.15) is 11.3 Å². The second-order valence-corrected chi connectivity index (χ2v) is 3.41. The van der Waals surface area contributed by atoms with Gasteiger partial charge in [0, 0.05) is 18.3 Å². The standard InChI is InChI=1S/C12H12FN3O/c13-11-4-2-1-3-9(11)8-17-12-15-6-5-10(7-14)16-12/h1-6H,7-8,14H2. The van der Waals surface area contributed by atoms with Gasteiger partial charge in [0.15, 0.2) is 0 Å². The number of rotatable bonds is 4. The van der Waals surface area contributed by atoms with Gasteiger partial charge in [0.2, 0.25) is 0 Å². The van der Waals surface area contributed by atoms with E-state index < -0.39 is 0 Å². The Labute approximate surface area is 98.3 Å². The van der Waals surface area contributed by atoms with E-state index in [4.69, 9.17) is 10.5 Å². The molecule has 5 heteroatoms. The molecule has 2 rings (SSSR count). The SMILES string of the molecule is NCc1ccnc(OCc2ccccc2F)n1.